The lowest BCUT2D eigenvalue weighted by atomic mass is 9.76. The fraction of sp³-hybridized carbons (Fsp3) is 0.500. The minimum Gasteiger partial charge on any atom is -0.321 e. The highest BCUT2D eigenvalue weighted by Gasteiger charge is 2.42. The molecule has 1 saturated carbocycles. The zero-order chi connectivity index (χ0) is 12.7. The van der Waals surface area contributed by atoms with Crippen LogP contribution in [-0.4, -0.2) is 5.92 Å². The van der Waals surface area contributed by atoms with Gasteiger partial charge in [-0.05, 0) is 30.5 Å². The first-order valence-corrected chi connectivity index (χ1v) is 5.82. The van der Waals surface area contributed by atoms with E-state index in [2.05, 4.69) is 0 Å². The molecule has 0 heterocycles. The standard InChI is InChI=1S/C12H13ClF3N/c13-10-7-8(14)1-2-9(10)11(17)3-5-12(15,16)6-4-11/h1-2,7H,3-6,17H2. The van der Waals surface area contributed by atoms with Crippen LogP contribution in [0.3, 0.4) is 0 Å². The van der Waals surface area contributed by atoms with E-state index in [0.717, 1.165) is 6.07 Å². The Balaban J connectivity index is 2.27. The molecule has 0 saturated heterocycles. The molecule has 1 aromatic carbocycles. The van der Waals surface area contributed by atoms with Crippen LogP contribution in [0.15, 0.2) is 18.2 Å². The highest BCUT2D eigenvalue weighted by atomic mass is 35.5. The molecule has 17 heavy (non-hydrogen) atoms. The summed E-state index contributed by atoms with van der Waals surface area (Å²) in [5.74, 6) is -3.10. The zero-order valence-electron chi connectivity index (χ0n) is 9.15. The Hall–Kier alpha value is -0.740. The molecule has 0 spiro atoms. The van der Waals surface area contributed by atoms with Crippen LogP contribution >= 0.6 is 11.6 Å². The molecule has 1 aromatic rings. The normalized spacial score (nSPS) is 22.4. The Morgan fingerprint density at radius 3 is 2.24 bits per heavy atom. The van der Waals surface area contributed by atoms with Crippen LogP contribution in [0, 0.1) is 5.82 Å². The lowest BCUT2D eigenvalue weighted by Gasteiger charge is -2.37. The first-order chi connectivity index (χ1) is 7.82. The van der Waals surface area contributed by atoms with Crippen molar-refractivity contribution in [3.63, 3.8) is 0 Å². The van der Waals surface area contributed by atoms with Crippen LogP contribution in [0.1, 0.15) is 31.2 Å². The Morgan fingerprint density at radius 1 is 1.12 bits per heavy atom. The Labute approximate surface area is 103 Å². The minimum atomic E-state index is -2.64. The molecule has 1 nitrogen and oxygen atoms in total. The number of rotatable bonds is 1. The van der Waals surface area contributed by atoms with Crippen LogP contribution in [0.5, 0.6) is 0 Å². The fourth-order valence-electron chi connectivity index (χ4n) is 2.22. The Bertz CT molecular complexity index is 424. The van der Waals surface area contributed by atoms with E-state index in [-0.39, 0.29) is 30.7 Å². The maximum Gasteiger partial charge on any atom is 0.248 e. The van der Waals surface area contributed by atoms with Crippen molar-refractivity contribution in [2.75, 3.05) is 0 Å². The molecule has 0 atom stereocenters. The predicted molar refractivity (Wildman–Crippen MR) is 60.7 cm³/mol. The molecule has 94 valence electrons. The summed E-state index contributed by atoms with van der Waals surface area (Å²) in [6, 6.07) is 3.90. The summed E-state index contributed by atoms with van der Waals surface area (Å²) in [6.07, 6.45) is -0.189. The predicted octanol–water partition coefficient (Wildman–Crippen LogP) is 3.84. The van der Waals surface area contributed by atoms with Crippen molar-refractivity contribution in [1.82, 2.24) is 0 Å². The molecular weight excluding hydrogens is 251 g/mol. The molecule has 0 aliphatic heterocycles. The van der Waals surface area contributed by atoms with E-state index in [1.165, 1.54) is 12.1 Å². The van der Waals surface area contributed by atoms with E-state index in [1.54, 1.807) is 0 Å². The van der Waals surface area contributed by atoms with Crippen molar-refractivity contribution in [3.8, 4) is 0 Å². The van der Waals surface area contributed by atoms with Gasteiger partial charge in [0.1, 0.15) is 5.82 Å². The molecule has 0 amide bonds. The van der Waals surface area contributed by atoms with Gasteiger partial charge >= 0.3 is 0 Å². The van der Waals surface area contributed by atoms with Crippen molar-refractivity contribution in [3.05, 3.63) is 34.6 Å². The number of hydrogen-bond acceptors (Lipinski definition) is 1. The average molecular weight is 264 g/mol. The quantitative estimate of drug-likeness (QED) is 0.818. The van der Waals surface area contributed by atoms with Gasteiger partial charge in [-0.15, -0.1) is 0 Å². The molecular formula is C12H13ClF3N. The van der Waals surface area contributed by atoms with Crippen LogP contribution in [0.25, 0.3) is 0 Å². The van der Waals surface area contributed by atoms with Gasteiger partial charge in [0.15, 0.2) is 0 Å². The third-order valence-corrected chi connectivity index (χ3v) is 3.65. The number of halogens is 4. The third kappa shape index (κ3) is 2.58. The fourth-order valence-corrected chi connectivity index (χ4v) is 2.58. The molecule has 1 fully saturated rings. The Morgan fingerprint density at radius 2 is 1.71 bits per heavy atom. The topological polar surface area (TPSA) is 26.0 Å². The maximum atomic E-state index is 13.1. The second kappa shape index (κ2) is 4.18. The summed E-state index contributed by atoms with van der Waals surface area (Å²) in [5.41, 5.74) is 5.80. The minimum absolute atomic E-state index is 0.158. The third-order valence-electron chi connectivity index (χ3n) is 3.34. The number of hydrogen-bond donors (Lipinski definition) is 1. The van der Waals surface area contributed by atoms with E-state index < -0.39 is 17.3 Å². The smallest absolute Gasteiger partial charge is 0.248 e. The monoisotopic (exact) mass is 263 g/mol. The molecule has 0 unspecified atom stereocenters. The van der Waals surface area contributed by atoms with E-state index in [1.807, 2.05) is 0 Å². The number of nitrogens with two attached hydrogens (primary N) is 1. The first-order valence-electron chi connectivity index (χ1n) is 5.45. The summed E-state index contributed by atoms with van der Waals surface area (Å²) in [6.45, 7) is 0. The second-order valence-corrected chi connectivity index (χ2v) is 5.04. The van der Waals surface area contributed by atoms with Crippen LogP contribution in [0.4, 0.5) is 13.2 Å². The van der Waals surface area contributed by atoms with E-state index in [0.29, 0.717) is 5.56 Å². The summed E-state index contributed by atoms with van der Waals surface area (Å²) < 4.78 is 39.1. The van der Waals surface area contributed by atoms with Gasteiger partial charge in [-0.2, -0.15) is 0 Å². The van der Waals surface area contributed by atoms with Crippen molar-refractivity contribution < 1.29 is 13.2 Å². The van der Waals surface area contributed by atoms with Gasteiger partial charge < -0.3 is 5.73 Å². The summed E-state index contributed by atoms with van der Waals surface area (Å²) in [4.78, 5) is 0. The lowest BCUT2D eigenvalue weighted by Crippen LogP contribution is -2.43. The van der Waals surface area contributed by atoms with Gasteiger partial charge in [0.05, 0.1) is 0 Å². The molecule has 1 aliphatic rings. The molecule has 0 aromatic heterocycles. The lowest BCUT2D eigenvalue weighted by molar-refractivity contribution is -0.0514. The largest absolute Gasteiger partial charge is 0.321 e. The molecule has 5 heteroatoms. The Kier molecular flexibility index (Phi) is 3.12. The zero-order valence-corrected chi connectivity index (χ0v) is 9.91. The van der Waals surface area contributed by atoms with Crippen molar-refractivity contribution in [2.24, 2.45) is 5.73 Å². The van der Waals surface area contributed by atoms with E-state index in [4.69, 9.17) is 17.3 Å². The molecule has 0 radical (unpaired) electrons. The van der Waals surface area contributed by atoms with Crippen LogP contribution in [0.2, 0.25) is 5.02 Å². The summed E-state index contributed by atoms with van der Waals surface area (Å²) >= 11 is 5.92. The summed E-state index contributed by atoms with van der Waals surface area (Å²) in [5, 5.41) is 0.206. The highest BCUT2D eigenvalue weighted by molar-refractivity contribution is 6.31. The maximum absolute atomic E-state index is 13.1. The summed E-state index contributed by atoms with van der Waals surface area (Å²) in [7, 11) is 0. The number of alkyl halides is 2. The van der Waals surface area contributed by atoms with E-state index >= 15 is 0 Å². The first kappa shape index (κ1) is 12.7. The van der Waals surface area contributed by atoms with Gasteiger partial charge in [-0.1, -0.05) is 17.7 Å². The average Bonchev–Trinajstić information content (AvgIpc) is 2.23. The van der Waals surface area contributed by atoms with E-state index in [9.17, 15) is 13.2 Å². The van der Waals surface area contributed by atoms with Crippen LogP contribution in [-0.2, 0) is 5.54 Å². The van der Waals surface area contributed by atoms with Gasteiger partial charge in [-0.3, -0.25) is 0 Å². The van der Waals surface area contributed by atoms with Crippen molar-refractivity contribution in [1.29, 1.82) is 0 Å². The van der Waals surface area contributed by atoms with Crippen LogP contribution < -0.4 is 5.73 Å². The van der Waals surface area contributed by atoms with Gasteiger partial charge in [-0.25, -0.2) is 13.2 Å². The number of benzene rings is 1. The SMILES string of the molecule is NC1(c2ccc(F)cc2Cl)CCC(F)(F)CC1. The van der Waals surface area contributed by atoms with Crippen molar-refractivity contribution in [2.45, 2.75) is 37.1 Å². The van der Waals surface area contributed by atoms with Gasteiger partial charge in [0, 0.05) is 23.4 Å². The van der Waals surface area contributed by atoms with Gasteiger partial charge in [0.25, 0.3) is 0 Å². The highest BCUT2D eigenvalue weighted by Crippen LogP contribution is 2.43. The molecule has 2 N–H and O–H groups in total. The molecule has 1 aliphatic carbocycles. The molecule has 2 rings (SSSR count). The molecule has 0 bridgehead atoms. The second-order valence-electron chi connectivity index (χ2n) is 4.64. The van der Waals surface area contributed by atoms with Crippen molar-refractivity contribution >= 4 is 11.6 Å². The van der Waals surface area contributed by atoms with Gasteiger partial charge in [0.2, 0.25) is 5.92 Å².